The van der Waals surface area contributed by atoms with Crippen LogP contribution in [0.25, 0.3) is 11.4 Å². The quantitative estimate of drug-likeness (QED) is 0.778. The highest BCUT2D eigenvalue weighted by atomic mass is 16.5. The second kappa shape index (κ2) is 7.41. The van der Waals surface area contributed by atoms with Crippen LogP contribution in [0.2, 0.25) is 0 Å². The van der Waals surface area contributed by atoms with Crippen molar-refractivity contribution in [1.82, 2.24) is 9.97 Å². The molecule has 3 aromatic rings. The first kappa shape index (κ1) is 16.4. The Labute approximate surface area is 151 Å². The Bertz CT molecular complexity index is 880. The minimum Gasteiger partial charge on any atom is -0.507 e. The van der Waals surface area contributed by atoms with Gasteiger partial charge in [0, 0.05) is 19.2 Å². The summed E-state index contributed by atoms with van der Waals surface area (Å²) in [5, 5.41) is 10.2. The topological polar surface area (TPSA) is 67.7 Å². The molecule has 0 amide bonds. The minimum absolute atomic E-state index is 0.136. The Morgan fingerprint density at radius 3 is 2.42 bits per heavy atom. The van der Waals surface area contributed by atoms with Crippen molar-refractivity contribution in [3.63, 3.8) is 0 Å². The highest BCUT2D eigenvalue weighted by molar-refractivity contribution is 5.65. The highest BCUT2D eigenvalue weighted by Crippen LogP contribution is 2.31. The molecule has 0 aliphatic carbocycles. The van der Waals surface area contributed by atoms with E-state index in [-0.39, 0.29) is 5.75 Å². The first-order chi connectivity index (χ1) is 12.8. The fraction of sp³-hybridized carbons (Fsp3) is 0.200. The van der Waals surface area contributed by atoms with E-state index >= 15 is 0 Å². The number of phenolic OH excluding ortho intramolecular Hbond substituents is 1. The molecule has 132 valence electrons. The van der Waals surface area contributed by atoms with E-state index in [0.29, 0.717) is 36.2 Å². The van der Waals surface area contributed by atoms with Gasteiger partial charge in [0.2, 0.25) is 5.88 Å². The molecule has 0 unspecified atom stereocenters. The number of nitrogens with zero attached hydrogens (tertiary/aromatic N) is 3. The average molecular weight is 349 g/mol. The van der Waals surface area contributed by atoms with Gasteiger partial charge in [-0.2, -0.15) is 4.98 Å². The van der Waals surface area contributed by atoms with Crippen molar-refractivity contribution >= 4 is 5.82 Å². The van der Waals surface area contributed by atoms with Gasteiger partial charge in [0.05, 0.1) is 18.8 Å². The number of hydrogen-bond donors (Lipinski definition) is 1. The Balaban J connectivity index is 1.75. The standard InChI is InChI=1S/C20H19N3O3/c24-17-9-5-4-8-16(17)20-21-18(23-10-12-25-13-11-23)14-19(22-20)26-15-6-2-1-3-7-15/h1-9,14,24H,10-13H2. The zero-order chi connectivity index (χ0) is 17.8. The summed E-state index contributed by atoms with van der Waals surface area (Å²) in [6.45, 7) is 2.82. The molecule has 26 heavy (non-hydrogen) atoms. The van der Waals surface area contributed by atoms with Crippen molar-refractivity contribution in [1.29, 1.82) is 0 Å². The van der Waals surface area contributed by atoms with E-state index in [4.69, 9.17) is 9.47 Å². The molecule has 1 aliphatic rings. The summed E-state index contributed by atoms with van der Waals surface area (Å²) in [6, 6.07) is 18.3. The molecular weight excluding hydrogens is 330 g/mol. The SMILES string of the molecule is Oc1ccccc1-c1nc(Oc2ccccc2)cc(N2CCOCC2)n1. The van der Waals surface area contributed by atoms with Crippen molar-refractivity contribution in [2.75, 3.05) is 31.2 Å². The van der Waals surface area contributed by atoms with Gasteiger partial charge in [-0.25, -0.2) is 4.98 Å². The van der Waals surface area contributed by atoms with Gasteiger partial charge < -0.3 is 19.5 Å². The number of para-hydroxylation sites is 2. The first-order valence-corrected chi connectivity index (χ1v) is 8.53. The van der Waals surface area contributed by atoms with Crippen LogP contribution in [0.5, 0.6) is 17.4 Å². The fourth-order valence-corrected chi connectivity index (χ4v) is 2.81. The van der Waals surface area contributed by atoms with Gasteiger partial charge in [-0.1, -0.05) is 30.3 Å². The Hall–Kier alpha value is -3.12. The number of benzene rings is 2. The van der Waals surface area contributed by atoms with Crippen LogP contribution in [0.1, 0.15) is 0 Å². The molecule has 0 atom stereocenters. The van der Waals surface area contributed by atoms with Gasteiger partial charge in [0.1, 0.15) is 17.3 Å². The largest absolute Gasteiger partial charge is 0.507 e. The molecule has 2 aromatic carbocycles. The molecule has 1 N–H and O–H groups in total. The molecule has 1 fully saturated rings. The van der Waals surface area contributed by atoms with Crippen molar-refractivity contribution in [3.8, 4) is 28.8 Å². The molecule has 1 saturated heterocycles. The van der Waals surface area contributed by atoms with E-state index in [1.807, 2.05) is 42.5 Å². The minimum atomic E-state index is 0.136. The van der Waals surface area contributed by atoms with Crippen LogP contribution in [0.4, 0.5) is 5.82 Å². The number of ether oxygens (including phenoxy) is 2. The first-order valence-electron chi connectivity index (χ1n) is 8.53. The van der Waals surface area contributed by atoms with Gasteiger partial charge in [-0.3, -0.25) is 0 Å². The van der Waals surface area contributed by atoms with Gasteiger partial charge >= 0.3 is 0 Å². The van der Waals surface area contributed by atoms with Crippen LogP contribution >= 0.6 is 0 Å². The summed E-state index contributed by atoms with van der Waals surface area (Å²) in [4.78, 5) is 11.3. The molecule has 0 spiro atoms. The normalized spacial score (nSPS) is 14.2. The summed E-state index contributed by atoms with van der Waals surface area (Å²) >= 11 is 0. The molecule has 0 bridgehead atoms. The lowest BCUT2D eigenvalue weighted by Gasteiger charge is -2.28. The molecule has 0 radical (unpaired) electrons. The van der Waals surface area contributed by atoms with Crippen molar-refractivity contribution in [3.05, 3.63) is 60.7 Å². The summed E-state index contributed by atoms with van der Waals surface area (Å²) in [7, 11) is 0. The van der Waals surface area contributed by atoms with Gasteiger partial charge in [-0.05, 0) is 24.3 Å². The summed E-state index contributed by atoms with van der Waals surface area (Å²) in [5.41, 5.74) is 0.570. The molecule has 6 heteroatoms. The maximum atomic E-state index is 10.2. The van der Waals surface area contributed by atoms with E-state index in [9.17, 15) is 5.11 Å². The third-order valence-electron chi connectivity index (χ3n) is 4.13. The van der Waals surface area contributed by atoms with Gasteiger partial charge in [0.25, 0.3) is 0 Å². The number of anilines is 1. The van der Waals surface area contributed by atoms with E-state index < -0.39 is 0 Å². The van der Waals surface area contributed by atoms with Crippen LogP contribution in [-0.2, 0) is 4.74 Å². The second-order valence-electron chi connectivity index (χ2n) is 5.92. The van der Waals surface area contributed by atoms with Crippen LogP contribution in [0.15, 0.2) is 60.7 Å². The van der Waals surface area contributed by atoms with Crippen LogP contribution < -0.4 is 9.64 Å². The number of morpholine rings is 1. The molecule has 6 nitrogen and oxygen atoms in total. The molecular formula is C20H19N3O3. The number of aromatic nitrogens is 2. The Kier molecular flexibility index (Phi) is 4.66. The van der Waals surface area contributed by atoms with E-state index in [2.05, 4.69) is 14.9 Å². The Morgan fingerprint density at radius 1 is 0.923 bits per heavy atom. The van der Waals surface area contributed by atoms with Crippen molar-refractivity contribution < 1.29 is 14.6 Å². The summed E-state index contributed by atoms with van der Waals surface area (Å²) < 4.78 is 11.3. The number of rotatable bonds is 4. The lowest BCUT2D eigenvalue weighted by Crippen LogP contribution is -2.36. The summed E-state index contributed by atoms with van der Waals surface area (Å²) in [5.74, 6) is 2.45. The predicted octanol–water partition coefficient (Wildman–Crippen LogP) is 3.48. The van der Waals surface area contributed by atoms with E-state index in [1.54, 1.807) is 18.2 Å². The second-order valence-corrected chi connectivity index (χ2v) is 5.92. The number of hydrogen-bond acceptors (Lipinski definition) is 6. The van der Waals surface area contributed by atoms with Crippen LogP contribution in [-0.4, -0.2) is 41.4 Å². The average Bonchev–Trinajstić information content (AvgIpc) is 2.69. The lowest BCUT2D eigenvalue weighted by atomic mass is 10.2. The number of phenols is 1. The third kappa shape index (κ3) is 3.60. The predicted molar refractivity (Wildman–Crippen MR) is 98.7 cm³/mol. The monoisotopic (exact) mass is 349 g/mol. The van der Waals surface area contributed by atoms with Gasteiger partial charge in [0.15, 0.2) is 5.82 Å². The Morgan fingerprint density at radius 2 is 1.65 bits per heavy atom. The molecule has 2 heterocycles. The zero-order valence-electron chi connectivity index (χ0n) is 14.2. The van der Waals surface area contributed by atoms with E-state index in [1.165, 1.54) is 0 Å². The van der Waals surface area contributed by atoms with Crippen molar-refractivity contribution in [2.45, 2.75) is 0 Å². The third-order valence-corrected chi connectivity index (χ3v) is 4.13. The lowest BCUT2D eigenvalue weighted by molar-refractivity contribution is 0.122. The van der Waals surface area contributed by atoms with E-state index in [0.717, 1.165) is 18.9 Å². The molecule has 1 aromatic heterocycles. The maximum Gasteiger partial charge on any atom is 0.224 e. The molecule has 1 aliphatic heterocycles. The van der Waals surface area contributed by atoms with Crippen LogP contribution in [0, 0.1) is 0 Å². The zero-order valence-corrected chi connectivity index (χ0v) is 14.2. The smallest absolute Gasteiger partial charge is 0.224 e. The number of aromatic hydroxyl groups is 1. The molecule has 0 saturated carbocycles. The van der Waals surface area contributed by atoms with Gasteiger partial charge in [-0.15, -0.1) is 0 Å². The maximum absolute atomic E-state index is 10.2. The van der Waals surface area contributed by atoms with Crippen molar-refractivity contribution in [2.24, 2.45) is 0 Å². The van der Waals surface area contributed by atoms with Crippen LogP contribution in [0.3, 0.4) is 0 Å². The fourth-order valence-electron chi connectivity index (χ4n) is 2.81. The summed E-state index contributed by atoms with van der Waals surface area (Å²) in [6.07, 6.45) is 0. The highest BCUT2D eigenvalue weighted by Gasteiger charge is 2.17. The molecule has 4 rings (SSSR count).